The average Bonchev–Trinajstić information content (AvgIpc) is 2.85. The molecule has 3 aromatic carbocycles. The van der Waals surface area contributed by atoms with Crippen molar-refractivity contribution in [2.24, 2.45) is 5.92 Å². The Balaban J connectivity index is 1.32. The summed E-state index contributed by atoms with van der Waals surface area (Å²) >= 11 is 0. The Hall–Kier alpha value is -2.79. The molecule has 0 spiro atoms. The van der Waals surface area contributed by atoms with Gasteiger partial charge in [-0.05, 0) is 92.2 Å². The molecule has 0 aliphatic heterocycles. The molecule has 0 bridgehead atoms. The van der Waals surface area contributed by atoms with E-state index in [1.807, 2.05) is 19.1 Å². The lowest BCUT2D eigenvalue weighted by molar-refractivity contribution is 0.131. The molecule has 0 heterocycles. The van der Waals surface area contributed by atoms with Crippen LogP contribution in [0.2, 0.25) is 0 Å². The highest BCUT2D eigenvalue weighted by molar-refractivity contribution is 5.65. The third-order valence-corrected chi connectivity index (χ3v) is 7.02. The first kappa shape index (κ1) is 24.3. The highest BCUT2D eigenvalue weighted by atomic mass is 19.2. The molecular formula is C29H31F3O2. The van der Waals surface area contributed by atoms with E-state index in [1.165, 1.54) is 12.1 Å². The van der Waals surface area contributed by atoms with Gasteiger partial charge in [-0.3, -0.25) is 0 Å². The summed E-state index contributed by atoms with van der Waals surface area (Å²) in [4.78, 5) is 0. The number of halogens is 3. The largest absolute Gasteiger partial charge is 0.508 e. The van der Waals surface area contributed by atoms with Gasteiger partial charge in [0.1, 0.15) is 11.6 Å². The van der Waals surface area contributed by atoms with Gasteiger partial charge in [0.15, 0.2) is 11.6 Å². The van der Waals surface area contributed by atoms with Gasteiger partial charge in [0, 0.05) is 17.7 Å². The van der Waals surface area contributed by atoms with Crippen LogP contribution < -0.4 is 0 Å². The van der Waals surface area contributed by atoms with Gasteiger partial charge >= 0.3 is 0 Å². The number of phenols is 1. The first-order valence-corrected chi connectivity index (χ1v) is 12.1. The number of benzene rings is 3. The lowest BCUT2D eigenvalue weighted by atomic mass is 9.76. The third kappa shape index (κ3) is 5.64. The van der Waals surface area contributed by atoms with E-state index < -0.39 is 11.6 Å². The fourth-order valence-corrected chi connectivity index (χ4v) is 4.94. The summed E-state index contributed by atoms with van der Waals surface area (Å²) in [5.74, 6) is -0.965. The Bertz CT molecular complexity index is 1100. The zero-order chi connectivity index (χ0) is 24.1. The second-order valence-electron chi connectivity index (χ2n) is 9.19. The van der Waals surface area contributed by atoms with Crippen LogP contribution in [0, 0.1) is 23.4 Å². The second-order valence-corrected chi connectivity index (χ2v) is 9.19. The topological polar surface area (TPSA) is 29.5 Å². The minimum Gasteiger partial charge on any atom is -0.508 e. The van der Waals surface area contributed by atoms with Crippen LogP contribution in [0.4, 0.5) is 13.2 Å². The van der Waals surface area contributed by atoms with E-state index in [0.29, 0.717) is 48.2 Å². The first-order valence-electron chi connectivity index (χ1n) is 12.1. The lowest BCUT2D eigenvalue weighted by Gasteiger charge is -2.29. The monoisotopic (exact) mass is 468 g/mol. The van der Waals surface area contributed by atoms with E-state index in [2.05, 4.69) is 0 Å². The fourth-order valence-electron chi connectivity index (χ4n) is 4.94. The van der Waals surface area contributed by atoms with Crippen LogP contribution in [0.1, 0.15) is 61.6 Å². The minimum absolute atomic E-state index is 0.0831. The highest BCUT2D eigenvalue weighted by Gasteiger charge is 2.24. The SMILES string of the molecule is CCOCc1ccc(C2CCC(CCc3ccc(-c4ccc(O)cc4)c(F)c3F)CC2)cc1F. The van der Waals surface area contributed by atoms with E-state index in [1.54, 1.807) is 30.3 Å². The van der Waals surface area contributed by atoms with Gasteiger partial charge in [0.25, 0.3) is 0 Å². The Morgan fingerprint density at radius 2 is 1.56 bits per heavy atom. The molecule has 1 fully saturated rings. The van der Waals surface area contributed by atoms with Crippen LogP contribution in [0.25, 0.3) is 11.1 Å². The predicted octanol–water partition coefficient (Wildman–Crippen LogP) is 7.92. The molecule has 0 aromatic heterocycles. The maximum atomic E-state index is 14.7. The lowest BCUT2D eigenvalue weighted by Crippen LogP contribution is -2.15. The molecule has 1 aliphatic rings. The van der Waals surface area contributed by atoms with Crippen molar-refractivity contribution in [1.29, 1.82) is 0 Å². The zero-order valence-corrected chi connectivity index (χ0v) is 19.5. The first-order chi connectivity index (χ1) is 16.5. The Labute approximate surface area is 199 Å². The smallest absolute Gasteiger partial charge is 0.166 e. The number of phenolic OH excluding ortho intramolecular Hbond substituents is 1. The molecule has 3 aromatic rings. The van der Waals surface area contributed by atoms with E-state index >= 15 is 0 Å². The molecule has 1 aliphatic carbocycles. The molecule has 1 saturated carbocycles. The van der Waals surface area contributed by atoms with Crippen LogP contribution in [-0.4, -0.2) is 11.7 Å². The fraction of sp³-hybridized carbons (Fsp3) is 0.379. The van der Waals surface area contributed by atoms with Gasteiger partial charge in [0.2, 0.25) is 0 Å². The molecular weight excluding hydrogens is 437 g/mol. The van der Waals surface area contributed by atoms with E-state index in [9.17, 15) is 18.3 Å². The quantitative estimate of drug-likeness (QED) is 0.364. The normalized spacial score (nSPS) is 18.2. The average molecular weight is 469 g/mol. The van der Waals surface area contributed by atoms with Crippen LogP contribution in [0.5, 0.6) is 5.75 Å². The van der Waals surface area contributed by atoms with E-state index in [0.717, 1.165) is 37.7 Å². The summed E-state index contributed by atoms with van der Waals surface area (Å²) in [6.07, 6.45) is 5.26. The Kier molecular flexibility index (Phi) is 7.94. The van der Waals surface area contributed by atoms with Gasteiger partial charge in [-0.15, -0.1) is 0 Å². The van der Waals surface area contributed by atoms with Crippen LogP contribution in [0.3, 0.4) is 0 Å². The summed E-state index contributed by atoms with van der Waals surface area (Å²) < 4.78 is 49.1. The molecule has 2 nitrogen and oxygen atoms in total. The summed E-state index contributed by atoms with van der Waals surface area (Å²) in [7, 11) is 0. The number of aryl methyl sites for hydroxylation is 1. The van der Waals surface area contributed by atoms with Gasteiger partial charge in [-0.2, -0.15) is 0 Å². The summed E-state index contributed by atoms with van der Waals surface area (Å²) in [6, 6.07) is 14.8. The van der Waals surface area contributed by atoms with Gasteiger partial charge in [-0.1, -0.05) is 36.4 Å². The van der Waals surface area contributed by atoms with Crippen LogP contribution in [-0.2, 0) is 17.8 Å². The summed E-state index contributed by atoms with van der Waals surface area (Å²) in [5.41, 5.74) is 2.75. The molecule has 4 rings (SSSR count). The molecule has 34 heavy (non-hydrogen) atoms. The molecule has 5 heteroatoms. The third-order valence-electron chi connectivity index (χ3n) is 7.02. The van der Waals surface area contributed by atoms with Crippen molar-refractivity contribution in [3.05, 3.63) is 88.7 Å². The Morgan fingerprint density at radius 3 is 2.24 bits per heavy atom. The van der Waals surface area contributed by atoms with Crippen molar-refractivity contribution < 1.29 is 23.0 Å². The van der Waals surface area contributed by atoms with Crippen LogP contribution in [0.15, 0.2) is 54.6 Å². The minimum atomic E-state index is -0.846. The molecule has 0 unspecified atom stereocenters. The van der Waals surface area contributed by atoms with Crippen molar-refractivity contribution in [3.8, 4) is 16.9 Å². The summed E-state index contributed by atoms with van der Waals surface area (Å²) in [5, 5.41) is 9.41. The number of hydrogen-bond acceptors (Lipinski definition) is 2. The zero-order valence-electron chi connectivity index (χ0n) is 19.5. The van der Waals surface area contributed by atoms with Gasteiger partial charge in [-0.25, -0.2) is 13.2 Å². The maximum Gasteiger partial charge on any atom is 0.166 e. The molecule has 180 valence electrons. The van der Waals surface area contributed by atoms with E-state index in [-0.39, 0.29) is 17.1 Å². The molecule has 0 atom stereocenters. The standard InChI is InChI=1S/C29H31F3O2/c1-2-34-18-24-10-9-23(17-27(24)30)20-6-3-19(4-7-20)5-8-22-13-16-26(29(32)28(22)31)21-11-14-25(33)15-12-21/h9-17,19-20,33H,2-8,18H2,1H3. The molecule has 1 N–H and O–H groups in total. The number of aromatic hydroxyl groups is 1. The van der Waals surface area contributed by atoms with Crippen molar-refractivity contribution in [1.82, 2.24) is 0 Å². The van der Waals surface area contributed by atoms with Crippen molar-refractivity contribution in [2.75, 3.05) is 6.61 Å². The van der Waals surface area contributed by atoms with Crippen molar-refractivity contribution >= 4 is 0 Å². The van der Waals surface area contributed by atoms with Crippen molar-refractivity contribution in [3.63, 3.8) is 0 Å². The van der Waals surface area contributed by atoms with Gasteiger partial charge in [0.05, 0.1) is 6.61 Å². The highest BCUT2D eigenvalue weighted by Crippen LogP contribution is 2.38. The number of ether oxygens (including phenoxy) is 1. The number of hydrogen-bond donors (Lipinski definition) is 1. The van der Waals surface area contributed by atoms with Crippen LogP contribution >= 0.6 is 0 Å². The second kappa shape index (κ2) is 11.1. The molecule has 0 amide bonds. The summed E-state index contributed by atoms with van der Waals surface area (Å²) in [6.45, 7) is 2.75. The maximum absolute atomic E-state index is 14.7. The molecule has 0 saturated heterocycles. The van der Waals surface area contributed by atoms with Gasteiger partial charge < -0.3 is 9.84 Å². The predicted molar refractivity (Wildman–Crippen MR) is 128 cm³/mol. The molecule has 0 radical (unpaired) electrons. The Morgan fingerprint density at radius 1 is 0.853 bits per heavy atom. The van der Waals surface area contributed by atoms with E-state index in [4.69, 9.17) is 4.74 Å². The van der Waals surface area contributed by atoms with Crippen molar-refractivity contribution in [2.45, 2.75) is 58.0 Å². The number of rotatable bonds is 8.